The quantitative estimate of drug-likeness (QED) is 0.884. The van der Waals surface area contributed by atoms with Crippen LogP contribution in [-0.4, -0.2) is 37.2 Å². The van der Waals surface area contributed by atoms with Crippen LogP contribution in [0.2, 0.25) is 0 Å². The summed E-state index contributed by atoms with van der Waals surface area (Å²) in [6, 6.07) is 6.91. The first-order valence-corrected chi connectivity index (χ1v) is 7.51. The maximum Gasteiger partial charge on any atom is 0.0674 e. The molecule has 0 aromatic heterocycles. The minimum absolute atomic E-state index is 0.363. The van der Waals surface area contributed by atoms with Gasteiger partial charge in [0.2, 0.25) is 0 Å². The topological polar surface area (TPSA) is 24.5 Å². The minimum Gasteiger partial charge on any atom is -0.385 e. The summed E-state index contributed by atoms with van der Waals surface area (Å²) in [4.78, 5) is 2.52. The average molecular weight is 260 g/mol. The molecule has 1 fully saturated rings. The number of nitrogens with one attached hydrogen (secondary N) is 1. The molecule has 1 atom stereocenters. The zero-order valence-corrected chi connectivity index (χ0v) is 11.8. The van der Waals surface area contributed by atoms with E-state index in [-0.39, 0.29) is 0 Å². The van der Waals surface area contributed by atoms with Crippen molar-refractivity contribution in [3.63, 3.8) is 0 Å². The van der Waals surface area contributed by atoms with Crippen LogP contribution in [-0.2, 0) is 17.7 Å². The first-order valence-electron chi connectivity index (χ1n) is 7.51. The number of hydrogen-bond acceptors (Lipinski definition) is 3. The lowest BCUT2D eigenvalue weighted by Gasteiger charge is -2.23. The summed E-state index contributed by atoms with van der Waals surface area (Å²) in [6.45, 7) is 7.46. The Kier molecular flexibility index (Phi) is 4.04. The highest BCUT2D eigenvalue weighted by Crippen LogP contribution is 2.23. The van der Waals surface area contributed by atoms with Gasteiger partial charge in [-0.25, -0.2) is 0 Å². The number of ether oxygens (including phenoxy) is 1. The van der Waals surface area contributed by atoms with E-state index in [0.717, 1.165) is 39.2 Å². The predicted octanol–water partition coefficient (Wildman–Crippen LogP) is 2.66. The minimum atomic E-state index is 0.363. The van der Waals surface area contributed by atoms with E-state index >= 15 is 0 Å². The summed E-state index contributed by atoms with van der Waals surface area (Å²) < 4.78 is 5.71. The molecule has 2 aliphatic heterocycles. The Bertz CT molecular complexity index is 433. The Morgan fingerprint density at radius 3 is 3.26 bits per heavy atom. The normalized spacial score (nSPS) is 24.4. The summed E-state index contributed by atoms with van der Waals surface area (Å²) in [6.07, 6.45) is 3.99. The smallest absolute Gasteiger partial charge is 0.0674 e. The van der Waals surface area contributed by atoms with Crippen LogP contribution in [0.1, 0.15) is 30.9 Å². The fraction of sp³-hybridized carbons (Fsp3) is 0.625. The van der Waals surface area contributed by atoms with Crippen molar-refractivity contribution in [3.05, 3.63) is 29.3 Å². The lowest BCUT2D eigenvalue weighted by Crippen LogP contribution is -2.29. The van der Waals surface area contributed by atoms with E-state index in [1.54, 1.807) is 0 Å². The molecule has 1 aromatic carbocycles. The van der Waals surface area contributed by atoms with E-state index in [9.17, 15) is 0 Å². The molecule has 0 aliphatic carbocycles. The Labute approximate surface area is 115 Å². The standard InChI is InChI=1S/C16H24N2O/c1-13-11-18(8-3-9-19-13)12-14-5-6-16-15(10-14)4-2-7-17-16/h5-6,10,13,17H,2-4,7-9,11-12H2,1H3. The van der Waals surface area contributed by atoms with E-state index in [1.807, 2.05) is 0 Å². The van der Waals surface area contributed by atoms with Gasteiger partial charge in [0.15, 0.2) is 0 Å². The number of anilines is 1. The van der Waals surface area contributed by atoms with E-state index in [0.29, 0.717) is 6.10 Å². The van der Waals surface area contributed by atoms with Gasteiger partial charge in [-0.1, -0.05) is 12.1 Å². The maximum atomic E-state index is 5.71. The molecule has 19 heavy (non-hydrogen) atoms. The number of benzene rings is 1. The summed E-state index contributed by atoms with van der Waals surface area (Å²) in [5, 5.41) is 3.48. The van der Waals surface area contributed by atoms with Crippen LogP contribution in [0.4, 0.5) is 5.69 Å². The lowest BCUT2D eigenvalue weighted by atomic mass is 10.0. The van der Waals surface area contributed by atoms with Crippen LogP contribution < -0.4 is 5.32 Å². The van der Waals surface area contributed by atoms with Gasteiger partial charge in [0.05, 0.1) is 6.10 Å². The SMILES string of the molecule is CC1CN(Cc2ccc3c(c2)CCCN3)CCCO1. The van der Waals surface area contributed by atoms with Gasteiger partial charge in [-0.05, 0) is 43.4 Å². The molecule has 0 radical (unpaired) electrons. The molecule has 3 rings (SSSR count). The van der Waals surface area contributed by atoms with Gasteiger partial charge in [0.1, 0.15) is 0 Å². The molecule has 0 spiro atoms. The molecule has 1 saturated heterocycles. The third kappa shape index (κ3) is 3.28. The molecule has 3 nitrogen and oxygen atoms in total. The first-order chi connectivity index (χ1) is 9.31. The summed E-state index contributed by atoms with van der Waals surface area (Å²) in [5.41, 5.74) is 4.27. The van der Waals surface area contributed by atoms with E-state index in [1.165, 1.54) is 29.7 Å². The van der Waals surface area contributed by atoms with Gasteiger partial charge in [0.25, 0.3) is 0 Å². The number of rotatable bonds is 2. The highest BCUT2D eigenvalue weighted by molar-refractivity contribution is 5.54. The fourth-order valence-electron chi connectivity index (χ4n) is 3.11. The molecule has 0 bridgehead atoms. The third-order valence-electron chi connectivity index (χ3n) is 4.05. The largest absolute Gasteiger partial charge is 0.385 e. The lowest BCUT2D eigenvalue weighted by molar-refractivity contribution is 0.0668. The van der Waals surface area contributed by atoms with Crippen LogP contribution in [0.25, 0.3) is 0 Å². The molecule has 1 unspecified atom stereocenters. The van der Waals surface area contributed by atoms with Crippen molar-refractivity contribution in [1.82, 2.24) is 4.90 Å². The zero-order chi connectivity index (χ0) is 13.1. The highest BCUT2D eigenvalue weighted by atomic mass is 16.5. The fourth-order valence-corrected chi connectivity index (χ4v) is 3.11. The van der Waals surface area contributed by atoms with Crippen molar-refractivity contribution in [2.45, 2.75) is 38.8 Å². The van der Waals surface area contributed by atoms with Gasteiger partial charge in [0, 0.05) is 38.5 Å². The summed E-state index contributed by atoms with van der Waals surface area (Å²) in [7, 11) is 0. The van der Waals surface area contributed by atoms with Crippen molar-refractivity contribution in [3.8, 4) is 0 Å². The van der Waals surface area contributed by atoms with Crippen molar-refractivity contribution in [1.29, 1.82) is 0 Å². The molecule has 2 aliphatic rings. The monoisotopic (exact) mass is 260 g/mol. The average Bonchev–Trinajstić information content (AvgIpc) is 2.63. The van der Waals surface area contributed by atoms with Crippen molar-refractivity contribution in [2.24, 2.45) is 0 Å². The number of aryl methyl sites for hydroxylation is 1. The van der Waals surface area contributed by atoms with E-state index in [2.05, 4.69) is 35.3 Å². The second kappa shape index (κ2) is 5.93. The molecular weight excluding hydrogens is 236 g/mol. The molecular formula is C16H24N2O. The number of hydrogen-bond donors (Lipinski definition) is 1. The second-order valence-electron chi connectivity index (χ2n) is 5.79. The van der Waals surface area contributed by atoms with Crippen LogP contribution in [0.3, 0.4) is 0 Å². The third-order valence-corrected chi connectivity index (χ3v) is 4.05. The van der Waals surface area contributed by atoms with Crippen LogP contribution in [0.15, 0.2) is 18.2 Å². The molecule has 3 heteroatoms. The summed E-state index contributed by atoms with van der Waals surface area (Å²) >= 11 is 0. The molecule has 0 saturated carbocycles. The van der Waals surface area contributed by atoms with Crippen molar-refractivity contribution >= 4 is 5.69 Å². The maximum absolute atomic E-state index is 5.71. The van der Waals surface area contributed by atoms with Gasteiger partial charge < -0.3 is 10.1 Å². The van der Waals surface area contributed by atoms with E-state index < -0.39 is 0 Å². The Morgan fingerprint density at radius 1 is 1.37 bits per heavy atom. The molecule has 104 valence electrons. The van der Waals surface area contributed by atoms with Crippen molar-refractivity contribution < 1.29 is 4.74 Å². The van der Waals surface area contributed by atoms with Crippen LogP contribution >= 0.6 is 0 Å². The Hall–Kier alpha value is -1.06. The van der Waals surface area contributed by atoms with E-state index in [4.69, 9.17) is 4.74 Å². The van der Waals surface area contributed by atoms with Crippen molar-refractivity contribution in [2.75, 3.05) is 31.6 Å². The molecule has 0 amide bonds. The van der Waals surface area contributed by atoms with Crippen LogP contribution in [0.5, 0.6) is 0 Å². The number of nitrogens with zero attached hydrogens (tertiary/aromatic N) is 1. The van der Waals surface area contributed by atoms with Gasteiger partial charge >= 0.3 is 0 Å². The highest BCUT2D eigenvalue weighted by Gasteiger charge is 2.16. The zero-order valence-electron chi connectivity index (χ0n) is 11.8. The molecule has 1 N–H and O–H groups in total. The molecule has 2 heterocycles. The Balaban J connectivity index is 1.68. The second-order valence-corrected chi connectivity index (χ2v) is 5.79. The molecule has 1 aromatic rings. The Morgan fingerprint density at radius 2 is 2.32 bits per heavy atom. The van der Waals surface area contributed by atoms with Crippen LogP contribution in [0, 0.1) is 0 Å². The summed E-state index contributed by atoms with van der Waals surface area (Å²) in [5.74, 6) is 0. The van der Waals surface area contributed by atoms with Gasteiger partial charge in [-0.15, -0.1) is 0 Å². The first kappa shape index (κ1) is 12.9. The predicted molar refractivity (Wildman–Crippen MR) is 78.6 cm³/mol. The van der Waals surface area contributed by atoms with Gasteiger partial charge in [-0.3, -0.25) is 4.90 Å². The van der Waals surface area contributed by atoms with Gasteiger partial charge in [-0.2, -0.15) is 0 Å². The number of fused-ring (bicyclic) bond motifs is 1.